The molecule has 0 aliphatic carbocycles. The fraction of sp³-hybridized carbons (Fsp3) is 0.222. The van der Waals surface area contributed by atoms with Crippen LogP contribution >= 0.6 is 0 Å². The van der Waals surface area contributed by atoms with Crippen molar-refractivity contribution < 1.29 is 29.4 Å². The third kappa shape index (κ3) is 3.15. The third-order valence-electron chi connectivity index (χ3n) is 1.61. The van der Waals surface area contributed by atoms with Gasteiger partial charge in [-0.05, 0) is 19.1 Å². The number of benzene rings is 1. The largest absolute Gasteiger partial charge is 0.465 e. The maximum atomic E-state index is 10.7. The summed E-state index contributed by atoms with van der Waals surface area (Å²) in [4.78, 5) is 11.9. The van der Waals surface area contributed by atoms with Crippen molar-refractivity contribution in [1.82, 2.24) is 0 Å². The van der Waals surface area contributed by atoms with Crippen LogP contribution in [-0.4, -0.2) is 17.7 Å². The molecule has 1 N–H and O–H groups in total. The Morgan fingerprint density at radius 2 is 1.92 bits per heavy atom. The first-order valence-electron chi connectivity index (χ1n) is 3.81. The first kappa shape index (κ1) is 12.1. The molecule has 0 heterocycles. The van der Waals surface area contributed by atoms with Crippen LogP contribution in [0.1, 0.15) is 6.92 Å². The van der Waals surface area contributed by atoms with E-state index >= 15 is 0 Å². The van der Waals surface area contributed by atoms with E-state index in [1.807, 2.05) is 18.2 Å². The van der Waals surface area contributed by atoms with Crippen molar-refractivity contribution in [2.75, 3.05) is 11.4 Å². The minimum absolute atomic E-state index is 0. The second-order valence-corrected chi connectivity index (χ2v) is 2.36. The van der Waals surface area contributed by atoms with Crippen LogP contribution in [-0.2, 0) is 19.5 Å². The number of rotatable bonds is 2. The average molecular weight is 231 g/mol. The molecule has 0 saturated carbocycles. The van der Waals surface area contributed by atoms with Crippen molar-refractivity contribution in [3.63, 3.8) is 0 Å². The van der Waals surface area contributed by atoms with Crippen molar-refractivity contribution in [2.24, 2.45) is 0 Å². The molecule has 0 saturated heterocycles. The zero-order valence-electron chi connectivity index (χ0n) is 7.60. The van der Waals surface area contributed by atoms with Crippen LogP contribution in [0, 0.1) is 0 Å². The second kappa shape index (κ2) is 5.71. The Bertz CT molecular complexity index is 264. The van der Waals surface area contributed by atoms with Crippen LogP contribution < -0.4 is 4.90 Å². The number of carbonyl (C=O) groups is 1. The Balaban J connectivity index is 0.00000144. The number of anilines is 1. The van der Waals surface area contributed by atoms with Crippen LogP contribution in [0.3, 0.4) is 0 Å². The molecular weight excluding hydrogens is 219 g/mol. The summed E-state index contributed by atoms with van der Waals surface area (Å²) < 4.78 is 0. The molecule has 0 unspecified atom stereocenters. The van der Waals surface area contributed by atoms with E-state index in [9.17, 15) is 4.79 Å². The van der Waals surface area contributed by atoms with E-state index in [0.717, 1.165) is 0 Å². The molecule has 1 aromatic carbocycles. The quantitative estimate of drug-likeness (QED) is 0.791. The van der Waals surface area contributed by atoms with Crippen LogP contribution in [0.4, 0.5) is 10.5 Å². The monoisotopic (exact) mass is 229 g/mol. The predicted molar refractivity (Wildman–Crippen MR) is 47.5 cm³/mol. The van der Waals surface area contributed by atoms with E-state index in [4.69, 9.17) is 5.11 Å². The van der Waals surface area contributed by atoms with Gasteiger partial charge in [0.2, 0.25) is 0 Å². The molecule has 1 rings (SSSR count). The first-order valence-corrected chi connectivity index (χ1v) is 3.81. The van der Waals surface area contributed by atoms with E-state index in [-0.39, 0.29) is 19.5 Å². The van der Waals surface area contributed by atoms with Gasteiger partial charge in [0.1, 0.15) is 0 Å². The van der Waals surface area contributed by atoms with E-state index in [1.165, 1.54) is 4.90 Å². The van der Waals surface area contributed by atoms with Crippen molar-refractivity contribution in [3.8, 4) is 0 Å². The standard InChI is InChI=1S/C9H11NO2.Zn/c1-2-10(9(11)12)8-6-4-3-5-7-8;/h3-7H,2H2,1H3,(H,11,12);. The number of para-hydroxylation sites is 1. The van der Waals surface area contributed by atoms with Crippen molar-refractivity contribution in [2.45, 2.75) is 6.92 Å². The molecule has 0 aliphatic heterocycles. The Hall–Kier alpha value is -0.887. The summed E-state index contributed by atoms with van der Waals surface area (Å²) in [5.74, 6) is 0. The molecule has 0 fully saturated rings. The van der Waals surface area contributed by atoms with Gasteiger partial charge in [-0.1, -0.05) is 18.2 Å². The van der Waals surface area contributed by atoms with E-state index in [2.05, 4.69) is 0 Å². The van der Waals surface area contributed by atoms with E-state index in [1.54, 1.807) is 19.1 Å². The summed E-state index contributed by atoms with van der Waals surface area (Å²) in [7, 11) is 0. The molecule has 0 aliphatic rings. The summed E-state index contributed by atoms with van der Waals surface area (Å²) in [5, 5.41) is 8.75. The van der Waals surface area contributed by atoms with Crippen LogP contribution in [0.15, 0.2) is 30.3 Å². The van der Waals surface area contributed by atoms with Crippen molar-refractivity contribution >= 4 is 11.8 Å². The van der Waals surface area contributed by atoms with Crippen molar-refractivity contribution in [1.29, 1.82) is 0 Å². The third-order valence-corrected chi connectivity index (χ3v) is 1.61. The van der Waals surface area contributed by atoms with Crippen LogP contribution in [0.5, 0.6) is 0 Å². The number of nitrogens with zero attached hydrogens (tertiary/aromatic N) is 1. The van der Waals surface area contributed by atoms with Gasteiger partial charge in [-0.2, -0.15) is 0 Å². The Morgan fingerprint density at radius 3 is 2.31 bits per heavy atom. The van der Waals surface area contributed by atoms with Gasteiger partial charge in [-0.15, -0.1) is 0 Å². The van der Waals surface area contributed by atoms with E-state index < -0.39 is 6.09 Å². The molecule has 0 atom stereocenters. The fourth-order valence-electron chi connectivity index (χ4n) is 1.04. The summed E-state index contributed by atoms with van der Waals surface area (Å²) in [6.07, 6.45) is -0.913. The van der Waals surface area contributed by atoms with Crippen LogP contribution in [0.25, 0.3) is 0 Å². The van der Waals surface area contributed by atoms with Gasteiger partial charge in [0.05, 0.1) is 0 Å². The second-order valence-electron chi connectivity index (χ2n) is 2.36. The topological polar surface area (TPSA) is 40.5 Å². The van der Waals surface area contributed by atoms with Gasteiger partial charge in [0.25, 0.3) is 0 Å². The minimum atomic E-state index is -0.913. The van der Waals surface area contributed by atoms with Gasteiger partial charge < -0.3 is 5.11 Å². The Morgan fingerprint density at radius 1 is 1.38 bits per heavy atom. The maximum absolute atomic E-state index is 10.7. The van der Waals surface area contributed by atoms with Gasteiger partial charge >= 0.3 is 6.09 Å². The van der Waals surface area contributed by atoms with Gasteiger partial charge in [0.15, 0.2) is 0 Å². The first-order chi connectivity index (χ1) is 5.75. The molecule has 66 valence electrons. The van der Waals surface area contributed by atoms with Crippen molar-refractivity contribution in [3.05, 3.63) is 30.3 Å². The summed E-state index contributed by atoms with van der Waals surface area (Å²) in [5.41, 5.74) is 0.715. The normalized spacial score (nSPS) is 8.69. The molecule has 0 radical (unpaired) electrons. The van der Waals surface area contributed by atoms with Crippen LogP contribution in [0.2, 0.25) is 0 Å². The molecule has 3 nitrogen and oxygen atoms in total. The SMILES string of the molecule is CCN(C(=O)O)c1ccccc1.[Zn]. The Kier molecular flexibility index (Phi) is 5.32. The fourth-order valence-corrected chi connectivity index (χ4v) is 1.04. The average Bonchev–Trinajstić information content (AvgIpc) is 2.07. The molecule has 1 aromatic rings. The zero-order valence-corrected chi connectivity index (χ0v) is 10.6. The van der Waals surface area contributed by atoms with Gasteiger partial charge in [-0.3, -0.25) is 4.90 Å². The van der Waals surface area contributed by atoms with Gasteiger partial charge in [-0.25, -0.2) is 4.79 Å². The maximum Gasteiger partial charge on any atom is 0.411 e. The Labute approximate surface area is 90.1 Å². The molecule has 4 heteroatoms. The molecule has 0 spiro atoms. The predicted octanol–water partition coefficient (Wildman–Crippen LogP) is 2.19. The van der Waals surface area contributed by atoms with E-state index in [0.29, 0.717) is 12.2 Å². The summed E-state index contributed by atoms with van der Waals surface area (Å²) in [6, 6.07) is 9.05. The number of hydrogen-bond donors (Lipinski definition) is 1. The molecule has 1 amide bonds. The minimum Gasteiger partial charge on any atom is -0.465 e. The molecule has 13 heavy (non-hydrogen) atoms. The summed E-state index contributed by atoms with van der Waals surface area (Å²) >= 11 is 0. The summed E-state index contributed by atoms with van der Waals surface area (Å²) in [6.45, 7) is 2.28. The molecule has 0 bridgehead atoms. The number of hydrogen-bond acceptors (Lipinski definition) is 1. The van der Waals surface area contributed by atoms with Gasteiger partial charge in [0, 0.05) is 31.7 Å². The number of carboxylic acid groups (broad SMARTS) is 1. The smallest absolute Gasteiger partial charge is 0.411 e. The molecular formula is C9H11NO2Zn. The zero-order chi connectivity index (χ0) is 8.97. The number of amides is 1. The molecule has 0 aromatic heterocycles.